The van der Waals surface area contributed by atoms with E-state index in [1.807, 2.05) is 0 Å². The SMILES string of the molecule is CCCCCCCCO[C@H]1O[C@H](CO[C@H]2O[C@H](CO)[C@@H](N)[C@@H]2O)[C@@H](O)[C@@H]1O. The number of hydrogen-bond donors (Lipinski definition) is 5. The van der Waals surface area contributed by atoms with Gasteiger partial charge in [-0.2, -0.15) is 0 Å². The quantitative estimate of drug-likeness (QED) is 0.270. The van der Waals surface area contributed by atoms with E-state index in [4.69, 9.17) is 29.8 Å². The molecule has 27 heavy (non-hydrogen) atoms. The Bertz CT molecular complexity index is 415. The van der Waals surface area contributed by atoms with Crippen molar-refractivity contribution in [2.75, 3.05) is 19.8 Å². The molecule has 0 bridgehead atoms. The van der Waals surface area contributed by atoms with E-state index in [0.29, 0.717) is 6.61 Å². The van der Waals surface area contributed by atoms with Gasteiger partial charge >= 0.3 is 0 Å². The Hall–Kier alpha value is -0.360. The third-order valence-electron chi connectivity index (χ3n) is 5.11. The highest BCUT2D eigenvalue weighted by molar-refractivity contribution is 4.91. The lowest BCUT2D eigenvalue weighted by atomic mass is 10.1. The van der Waals surface area contributed by atoms with Crippen LogP contribution in [0.15, 0.2) is 0 Å². The van der Waals surface area contributed by atoms with Crippen LogP contribution in [0.2, 0.25) is 0 Å². The summed E-state index contributed by atoms with van der Waals surface area (Å²) in [5, 5.41) is 39.3. The molecule has 9 nitrogen and oxygen atoms in total. The second-order valence-electron chi connectivity index (χ2n) is 7.29. The van der Waals surface area contributed by atoms with E-state index in [0.717, 1.165) is 19.3 Å². The second kappa shape index (κ2) is 11.6. The Morgan fingerprint density at radius 1 is 0.815 bits per heavy atom. The molecular weight excluding hydrogens is 358 g/mol. The summed E-state index contributed by atoms with van der Waals surface area (Å²) >= 11 is 0. The van der Waals surface area contributed by atoms with Crippen LogP contribution < -0.4 is 5.73 Å². The molecule has 2 heterocycles. The monoisotopic (exact) mass is 393 g/mol. The number of aliphatic hydroxyl groups excluding tert-OH is 4. The fourth-order valence-electron chi connectivity index (χ4n) is 3.31. The van der Waals surface area contributed by atoms with Gasteiger partial charge in [0.1, 0.15) is 30.5 Å². The summed E-state index contributed by atoms with van der Waals surface area (Å²) in [6, 6.07) is -0.756. The van der Waals surface area contributed by atoms with E-state index in [1.165, 1.54) is 19.3 Å². The van der Waals surface area contributed by atoms with Crippen molar-refractivity contribution in [3.05, 3.63) is 0 Å². The van der Waals surface area contributed by atoms with Gasteiger partial charge in [0, 0.05) is 6.61 Å². The minimum Gasteiger partial charge on any atom is -0.394 e. The standard InChI is InChI=1S/C18H35NO8/c1-2-3-4-5-6-7-8-24-18-16(23)14(21)12(27-18)10-25-17-15(22)13(19)11(9-20)26-17/h11-18,20-23H,2-10,19H2,1H3/t11-,12-,13-,14-,15+,16+,17+,18+/m1/s1. The average Bonchev–Trinajstić information content (AvgIpc) is 3.10. The Morgan fingerprint density at radius 3 is 2.11 bits per heavy atom. The van der Waals surface area contributed by atoms with Crippen LogP contribution in [-0.4, -0.2) is 89.4 Å². The first-order valence-corrected chi connectivity index (χ1v) is 9.94. The fraction of sp³-hybridized carbons (Fsp3) is 1.00. The summed E-state index contributed by atoms with van der Waals surface area (Å²) in [6.45, 7) is 2.19. The molecule has 2 aliphatic heterocycles. The van der Waals surface area contributed by atoms with E-state index >= 15 is 0 Å². The van der Waals surface area contributed by atoms with Gasteiger partial charge in [-0.15, -0.1) is 0 Å². The van der Waals surface area contributed by atoms with Crippen molar-refractivity contribution in [3.8, 4) is 0 Å². The van der Waals surface area contributed by atoms with Crippen molar-refractivity contribution in [2.45, 2.75) is 94.6 Å². The number of nitrogens with two attached hydrogens (primary N) is 1. The van der Waals surface area contributed by atoms with Crippen molar-refractivity contribution in [2.24, 2.45) is 5.73 Å². The molecule has 6 N–H and O–H groups in total. The van der Waals surface area contributed by atoms with Crippen LogP contribution in [0.4, 0.5) is 0 Å². The lowest BCUT2D eigenvalue weighted by Crippen LogP contribution is -2.42. The summed E-state index contributed by atoms with van der Waals surface area (Å²) in [5.74, 6) is 0. The normalized spacial score (nSPS) is 39.3. The van der Waals surface area contributed by atoms with E-state index in [9.17, 15) is 15.3 Å². The summed E-state index contributed by atoms with van der Waals surface area (Å²) < 4.78 is 21.8. The zero-order chi connectivity index (χ0) is 19.8. The molecular formula is C18H35NO8. The van der Waals surface area contributed by atoms with Crippen molar-refractivity contribution in [1.29, 1.82) is 0 Å². The summed E-state index contributed by atoms with van der Waals surface area (Å²) in [5.41, 5.74) is 5.73. The number of unbranched alkanes of at least 4 members (excludes halogenated alkanes) is 5. The maximum atomic E-state index is 10.1. The predicted molar refractivity (Wildman–Crippen MR) is 95.7 cm³/mol. The third kappa shape index (κ3) is 6.31. The predicted octanol–water partition coefficient (Wildman–Crippen LogP) is -0.768. The molecule has 160 valence electrons. The van der Waals surface area contributed by atoms with Gasteiger partial charge in [0.2, 0.25) is 0 Å². The second-order valence-corrected chi connectivity index (χ2v) is 7.29. The summed E-state index contributed by atoms with van der Waals surface area (Å²) in [7, 11) is 0. The lowest BCUT2D eigenvalue weighted by molar-refractivity contribution is -0.206. The molecule has 0 radical (unpaired) electrons. The fourth-order valence-corrected chi connectivity index (χ4v) is 3.31. The first-order valence-electron chi connectivity index (χ1n) is 9.94. The number of rotatable bonds is 12. The van der Waals surface area contributed by atoms with E-state index in [2.05, 4.69) is 6.92 Å². The van der Waals surface area contributed by atoms with Crippen LogP contribution in [0.3, 0.4) is 0 Å². The number of ether oxygens (including phenoxy) is 4. The minimum absolute atomic E-state index is 0.109. The first kappa shape index (κ1) is 22.9. The van der Waals surface area contributed by atoms with Crippen molar-refractivity contribution < 1.29 is 39.4 Å². The largest absolute Gasteiger partial charge is 0.394 e. The van der Waals surface area contributed by atoms with E-state index < -0.39 is 49.1 Å². The lowest BCUT2D eigenvalue weighted by Gasteiger charge is -2.20. The van der Waals surface area contributed by atoms with Crippen LogP contribution in [0.5, 0.6) is 0 Å². The highest BCUT2D eigenvalue weighted by atomic mass is 16.7. The highest BCUT2D eigenvalue weighted by Crippen LogP contribution is 2.26. The zero-order valence-corrected chi connectivity index (χ0v) is 16.0. The molecule has 2 aliphatic rings. The molecule has 2 fully saturated rings. The Labute approximate surface area is 160 Å². The molecule has 2 saturated heterocycles. The summed E-state index contributed by atoms with van der Waals surface area (Å²) in [6.07, 6.45) is -0.133. The van der Waals surface area contributed by atoms with Crippen LogP contribution in [0.1, 0.15) is 45.4 Å². The van der Waals surface area contributed by atoms with Crippen molar-refractivity contribution in [1.82, 2.24) is 0 Å². The Morgan fingerprint density at radius 2 is 1.44 bits per heavy atom. The zero-order valence-electron chi connectivity index (χ0n) is 16.0. The van der Waals surface area contributed by atoms with Gasteiger partial charge in [0.05, 0.1) is 19.3 Å². The van der Waals surface area contributed by atoms with Gasteiger partial charge in [-0.1, -0.05) is 39.0 Å². The smallest absolute Gasteiger partial charge is 0.186 e. The van der Waals surface area contributed by atoms with Gasteiger partial charge in [-0.05, 0) is 6.42 Å². The number of aliphatic hydroxyl groups is 4. The van der Waals surface area contributed by atoms with Crippen molar-refractivity contribution in [3.63, 3.8) is 0 Å². The molecule has 0 aromatic rings. The number of hydrogen-bond acceptors (Lipinski definition) is 9. The molecule has 0 unspecified atom stereocenters. The third-order valence-corrected chi connectivity index (χ3v) is 5.11. The molecule has 0 amide bonds. The van der Waals surface area contributed by atoms with Gasteiger partial charge in [-0.25, -0.2) is 0 Å². The van der Waals surface area contributed by atoms with Crippen molar-refractivity contribution >= 4 is 0 Å². The van der Waals surface area contributed by atoms with Gasteiger partial charge in [-0.3, -0.25) is 0 Å². The Kier molecular flexibility index (Phi) is 9.85. The van der Waals surface area contributed by atoms with Crippen LogP contribution >= 0.6 is 0 Å². The maximum absolute atomic E-state index is 10.1. The Balaban J connectivity index is 1.67. The first-order chi connectivity index (χ1) is 13.0. The molecule has 9 heteroatoms. The average molecular weight is 393 g/mol. The molecule has 0 aromatic carbocycles. The van der Waals surface area contributed by atoms with Gasteiger partial charge < -0.3 is 45.1 Å². The highest BCUT2D eigenvalue weighted by Gasteiger charge is 2.46. The van der Waals surface area contributed by atoms with Gasteiger partial charge in [0.25, 0.3) is 0 Å². The van der Waals surface area contributed by atoms with Gasteiger partial charge in [0.15, 0.2) is 12.6 Å². The molecule has 0 saturated carbocycles. The van der Waals surface area contributed by atoms with E-state index in [-0.39, 0.29) is 13.2 Å². The minimum atomic E-state index is -1.17. The molecule has 8 atom stereocenters. The maximum Gasteiger partial charge on any atom is 0.186 e. The molecule has 2 rings (SSSR count). The molecule has 0 aliphatic carbocycles. The van der Waals surface area contributed by atoms with Crippen LogP contribution in [0, 0.1) is 0 Å². The summed E-state index contributed by atoms with van der Waals surface area (Å²) in [4.78, 5) is 0. The van der Waals surface area contributed by atoms with Crippen LogP contribution in [0.25, 0.3) is 0 Å². The molecule has 0 spiro atoms. The molecule has 0 aromatic heterocycles. The van der Waals surface area contributed by atoms with Crippen LogP contribution in [-0.2, 0) is 18.9 Å². The topological polar surface area (TPSA) is 144 Å². The van der Waals surface area contributed by atoms with E-state index in [1.54, 1.807) is 0 Å².